The first kappa shape index (κ1) is 19.9. The van der Waals surface area contributed by atoms with Crippen LogP contribution in [0, 0.1) is 5.82 Å². The first-order chi connectivity index (χ1) is 13.3. The van der Waals surface area contributed by atoms with Crippen molar-refractivity contribution in [2.24, 2.45) is 0 Å². The minimum Gasteiger partial charge on any atom is -0.454 e. The molecule has 2 N–H and O–H groups in total. The Kier molecular flexibility index (Phi) is 5.69. The van der Waals surface area contributed by atoms with Gasteiger partial charge in [-0.1, -0.05) is 24.3 Å². The zero-order valence-electron chi connectivity index (χ0n) is 15.3. The summed E-state index contributed by atoms with van der Waals surface area (Å²) < 4.78 is 18.6. The van der Waals surface area contributed by atoms with Gasteiger partial charge < -0.3 is 10.1 Å². The van der Waals surface area contributed by atoms with Crippen molar-refractivity contribution in [3.8, 4) is 0 Å². The van der Waals surface area contributed by atoms with E-state index in [1.165, 1.54) is 23.9 Å². The summed E-state index contributed by atoms with van der Waals surface area (Å²) in [6, 6.07) is 12.1. The standard InChI is InChI=1S/C20H19FN2O4S/c1-12(13-7-9-14(21)10-8-13)27-17(24)15-5-3-4-6-16(15)28-11-20(2)18(25)22-19(26)23-20/h3-10,12H,11H2,1-2H3,(H2,22,23,25,26)/t12-,20-/m0/s1. The lowest BCUT2D eigenvalue weighted by Gasteiger charge is -2.20. The Bertz CT molecular complexity index is 919. The minimum absolute atomic E-state index is 0.252. The predicted octanol–water partition coefficient (Wildman–Crippen LogP) is 3.43. The van der Waals surface area contributed by atoms with Crippen molar-refractivity contribution in [2.75, 3.05) is 5.75 Å². The second kappa shape index (κ2) is 8.02. The first-order valence-corrected chi connectivity index (χ1v) is 9.59. The van der Waals surface area contributed by atoms with Crippen LogP contribution in [0.15, 0.2) is 53.4 Å². The molecule has 1 aliphatic heterocycles. The van der Waals surface area contributed by atoms with Crippen LogP contribution in [0.2, 0.25) is 0 Å². The summed E-state index contributed by atoms with van der Waals surface area (Å²) in [6.45, 7) is 3.33. The summed E-state index contributed by atoms with van der Waals surface area (Å²) in [5, 5.41) is 4.80. The second-order valence-electron chi connectivity index (χ2n) is 6.62. The SMILES string of the molecule is C[C@H](OC(=O)c1ccccc1SC[C@]1(C)NC(=O)NC1=O)c1ccc(F)cc1. The molecule has 28 heavy (non-hydrogen) atoms. The third kappa shape index (κ3) is 4.33. The number of urea groups is 1. The van der Waals surface area contributed by atoms with E-state index in [0.29, 0.717) is 16.0 Å². The molecule has 2 atom stereocenters. The maximum atomic E-state index is 13.1. The molecule has 6 nitrogen and oxygen atoms in total. The number of esters is 1. The van der Waals surface area contributed by atoms with Gasteiger partial charge >= 0.3 is 12.0 Å². The number of ether oxygens (including phenoxy) is 1. The van der Waals surface area contributed by atoms with Crippen LogP contribution in [0.3, 0.4) is 0 Å². The van der Waals surface area contributed by atoms with Gasteiger partial charge in [-0.15, -0.1) is 11.8 Å². The van der Waals surface area contributed by atoms with Gasteiger partial charge in [0.05, 0.1) is 5.56 Å². The zero-order valence-corrected chi connectivity index (χ0v) is 16.1. The molecule has 0 spiro atoms. The summed E-state index contributed by atoms with van der Waals surface area (Å²) in [4.78, 5) is 36.6. The van der Waals surface area contributed by atoms with Gasteiger partial charge in [0.25, 0.3) is 5.91 Å². The molecular weight excluding hydrogens is 383 g/mol. The van der Waals surface area contributed by atoms with E-state index in [1.807, 2.05) is 0 Å². The van der Waals surface area contributed by atoms with Gasteiger partial charge in [-0.2, -0.15) is 0 Å². The Balaban J connectivity index is 1.71. The van der Waals surface area contributed by atoms with Crippen LogP contribution >= 0.6 is 11.8 Å². The van der Waals surface area contributed by atoms with Crippen molar-refractivity contribution in [1.29, 1.82) is 0 Å². The average molecular weight is 402 g/mol. The van der Waals surface area contributed by atoms with Gasteiger partial charge in [-0.25, -0.2) is 14.0 Å². The van der Waals surface area contributed by atoms with E-state index in [-0.39, 0.29) is 11.6 Å². The summed E-state index contributed by atoms with van der Waals surface area (Å²) in [5.41, 5.74) is -0.0206. The highest BCUT2D eigenvalue weighted by atomic mass is 32.2. The van der Waals surface area contributed by atoms with Crippen molar-refractivity contribution in [1.82, 2.24) is 10.6 Å². The lowest BCUT2D eigenvalue weighted by Crippen LogP contribution is -2.46. The number of halogens is 1. The maximum Gasteiger partial charge on any atom is 0.339 e. The fourth-order valence-corrected chi connectivity index (χ4v) is 3.82. The fraction of sp³-hybridized carbons (Fsp3) is 0.250. The molecule has 1 fully saturated rings. The highest BCUT2D eigenvalue weighted by Gasteiger charge is 2.42. The molecule has 3 amide bonds. The lowest BCUT2D eigenvalue weighted by molar-refractivity contribution is -0.122. The van der Waals surface area contributed by atoms with Crippen molar-refractivity contribution in [3.63, 3.8) is 0 Å². The predicted molar refractivity (Wildman–Crippen MR) is 102 cm³/mol. The number of benzene rings is 2. The highest BCUT2D eigenvalue weighted by Crippen LogP contribution is 2.29. The Morgan fingerprint density at radius 3 is 2.50 bits per heavy atom. The molecule has 0 aromatic heterocycles. The zero-order chi connectivity index (χ0) is 20.3. The van der Waals surface area contributed by atoms with Crippen LogP contribution in [-0.2, 0) is 9.53 Å². The van der Waals surface area contributed by atoms with Crippen molar-refractivity contribution in [3.05, 3.63) is 65.5 Å². The van der Waals surface area contributed by atoms with Gasteiger partial charge in [0, 0.05) is 10.6 Å². The molecule has 0 saturated carbocycles. The number of hydrogen-bond donors (Lipinski definition) is 2. The van der Waals surface area contributed by atoms with Gasteiger partial charge in [-0.3, -0.25) is 10.1 Å². The minimum atomic E-state index is -1.06. The Hall–Kier alpha value is -2.87. The molecule has 3 rings (SSSR count). The quantitative estimate of drug-likeness (QED) is 0.439. The molecule has 2 aromatic rings. The van der Waals surface area contributed by atoms with E-state index < -0.39 is 29.6 Å². The molecule has 0 radical (unpaired) electrons. The molecular formula is C20H19FN2O4S. The molecule has 1 saturated heterocycles. The number of rotatable bonds is 6. The Labute approximate surface area is 165 Å². The summed E-state index contributed by atoms with van der Waals surface area (Å²) >= 11 is 1.28. The van der Waals surface area contributed by atoms with Crippen LogP contribution in [-0.4, -0.2) is 29.2 Å². The Morgan fingerprint density at radius 2 is 1.86 bits per heavy atom. The van der Waals surface area contributed by atoms with E-state index >= 15 is 0 Å². The number of amides is 3. The van der Waals surface area contributed by atoms with Gasteiger partial charge in [-0.05, 0) is 43.7 Å². The molecule has 146 valence electrons. The normalized spacial score (nSPS) is 19.7. The third-order valence-electron chi connectivity index (χ3n) is 4.36. The van der Waals surface area contributed by atoms with Gasteiger partial charge in [0.2, 0.25) is 0 Å². The average Bonchev–Trinajstić information content (AvgIpc) is 2.92. The summed E-state index contributed by atoms with van der Waals surface area (Å²) in [5.74, 6) is -1.04. The van der Waals surface area contributed by atoms with E-state index in [4.69, 9.17) is 4.74 Å². The monoisotopic (exact) mass is 402 g/mol. The van der Waals surface area contributed by atoms with Crippen molar-refractivity contribution in [2.45, 2.75) is 30.4 Å². The summed E-state index contributed by atoms with van der Waals surface area (Å²) in [7, 11) is 0. The number of carbonyl (C=O) groups excluding carboxylic acids is 3. The molecule has 0 aliphatic carbocycles. The third-order valence-corrected chi connectivity index (χ3v) is 5.75. The first-order valence-electron chi connectivity index (χ1n) is 8.60. The number of imide groups is 1. The lowest BCUT2D eigenvalue weighted by atomic mass is 10.1. The maximum absolute atomic E-state index is 13.1. The second-order valence-corrected chi connectivity index (χ2v) is 7.64. The smallest absolute Gasteiger partial charge is 0.339 e. The number of thioether (sulfide) groups is 1. The molecule has 1 heterocycles. The largest absolute Gasteiger partial charge is 0.454 e. The summed E-state index contributed by atoms with van der Waals surface area (Å²) in [6.07, 6.45) is -0.552. The Morgan fingerprint density at radius 1 is 1.18 bits per heavy atom. The van der Waals surface area contributed by atoms with Gasteiger partial charge in [0.1, 0.15) is 17.5 Å². The molecule has 8 heteroatoms. The molecule has 0 bridgehead atoms. The van der Waals surface area contributed by atoms with Crippen LogP contribution in [0.1, 0.15) is 35.9 Å². The van der Waals surface area contributed by atoms with Crippen LogP contribution in [0.25, 0.3) is 0 Å². The van der Waals surface area contributed by atoms with Crippen LogP contribution < -0.4 is 10.6 Å². The van der Waals surface area contributed by atoms with Crippen molar-refractivity contribution < 1.29 is 23.5 Å². The molecule has 0 unspecified atom stereocenters. The van der Waals surface area contributed by atoms with E-state index in [0.717, 1.165) is 0 Å². The van der Waals surface area contributed by atoms with E-state index in [9.17, 15) is 18.8 Å². The van der Waals surface area contributed by atoms with Crippen molar-refractivity contribution >= 4 is 29.7 Å². The molecule has 1 aliphatic rings. The van der Waals surface area contributed by atoms with Gasteiger partial charge in [0.15, 0.2) is 0 Å². The highest BCUT2D eigenvalue weighted by molar-refractivity contribution is 7.99. The van der Waals surface area contributed by atoms with E-state index in [2.05, 4.69) is 10.6 Å². The number of carbonyl (C=O) groups is 3. The number of nitrogens with one attached hydrogen (secondary N) is 2. The van der Waals surface area contributed by atoms with Crippen LogP contribution in [0.5, 0.6) is 0 Å². The van der Waals surface area contributed by atoms with Crippen LogP contribution in [0.4, 0.5) is 9.18 Å². The topological polar surface area (TPSA) is 84.5 Å². The van der Waals surface area contributed by atoms with E-state index in [1.54, 1.807) is 50.2 Å². The fourth-order valence-electron chi connectivity index (χ4n) is 2.69. The number of hydrogen-bond acceptors (Lipinski definition) is 5. The molecule has 2 aromatic carbocycles.